The average molecular weight is 493 g/mol. The number of imide groups is 1. The van der Waals surface area contributed by atoms with Crippen molar-refractivity contribution in [1.82, 2.24) is 14.1 Å². The molecule has 0 aromatic heterocycles. The van der Waals surface area contributed by atoms with E-state index in [1.807, 2.05) is 4.90 Å². The molecule has 0 aliphatic carbocycles. The van der Waals surface area contributed by atoms with Crippen LogP contribution in [0.5, 0.6) is 0 Å². The number of carbonyl (C=O) groups is 2. The molecule has 1 atom stereocenters. The molecule has 2 aromatic carbocycles. The Balaban J connectivity index is 1.39. The minimum Gasteiger partial charge on any atom is -0.289 e. The Bertz CT molecular complexity index is 1180. The Morgan fingerprint density at radius 3 is 2.15 bits per heavy atom. The highest BCUT2D eigenvalue weighted by Gasteiger charge is 2.43. The maximum absolute atomic E-state index is 12.9. The summed E-state index contributed by atoms with van der Waals surface area (Å²) in [5.41, 5.74) is 0.604. The lowest BCUT2D eigenvalue weighted by molar-refractivity contribution is -0.384. The summed E-state index contributed by atoms with van der Waals surface area (Å²) in [6.07, 6.45) is 0.0571. The van der Waals surface area contributed by atoms with Gasteiger partial charge in [0.1, 0.15) is 0 Å². The number of hydrogen-bond donors (Lipinski definition) is 0. The Morgan fingerprint density at radius 2 is 1.58 bits per heavy atom. The molecule has 2 saturated heterocycles. The van der Waals surface area contributed by atoms with Gasteiger partial charge in [0.05, 0.1) is 28.8 Å². The number of nitro groups is 1. The molecule has 2 fully saturated rings. The van der Waals surface area contributed by atoms with E-state index < -0.39 is 21.0 Å². The van der Waals surface area contributed by atoms with Gasteiger partial charge in [-0.1, -0.05) is 23.7 Å². The van der Waals surface area contributed by atoms with E-state index in [1.54, 1.807) is 24.3 Å². The summed E-state index contributed by atoms with van der Waals surface area (Å²) in [7, 11) is -3.82. The number of hydrogen-bond acceptors (Lipinski definition) is 7. The zero-order valence-electron chi connectivity index (χ0n) is 17.5. The number of rotatable bonds is 6. The second-order valence-electron chi connectivity index (χ2n) is 7.86. The molecule has 4 rings (SSSR count). The molecule has 0 N–H and O–H groups in total. The zero-order valence-corrected chi connectivity index (χ0v) is 19.0. The predicted molar refractivity (Wildman–Crippen MR) is 119 cm³/mol. The van der Waals surface area contributed by atoms with Crippen molar-refractivity contribution in [1.29, 1.82) is 0 Å². The van der Waals surface area contributed by atoms with E-state index in [-0.39, 0.29) is 48.5 Å². The van der Waals surface area contributed by atoms with Crippen molar-refractivity contribution in [3.63, 3.8) is 0 Å². The molecule has 33 heavy (non-hydrogen) atoms. The van der Waals surface area contributed by atoms with Gasteiger partial charge in [-0.3, -0.25) is 29.5 Å². The standard InChI is InChI=1S/C21H21ClN4O6S/c22-16-3-1-15(2-4-16)14-25-20(27)13-19(21(25)28)23-9-11-24(12-10-23)33(31,32)18-7-5-17(6-8-18)26(29)30/h1-8,19H,9-14H2. The average Bonchev–Trinajstić information content (AvgIpc) is 3.09. The number of carbonyl (C=O) groups excluding carboxylic acids is 2. The monoisotopic (exact) mass is 492 g/mol. The third-order valence-corrected chi connectivity index (χ3v) is 8.04. The number of likely N-dealkylation sites (tertiary alicyclic amines) is 1. The summed E-state index contributed by atoms with van der Waals surface area (Å²) in [6.45, 7) is 1.05. The Hall–Kier alpha value is -2.86. The molecule has 10 nitrogen and oxygen atoms in total. The van der Waals surface area contributed by atoms with Crippen LogP contribution in [0.4, 0.5) is 5.69 Å². The fourth-order valence-electron chi connectivity index (χ4n) is 4.03. The molecule has 2 amide bonds. The van der Waals surface area contributed by atoms with Crippen LogP contribution in [0.3, 0.4) is 0 Å². The van der Waals surface area contributed by atoms with Crippen LogP contribution in [-0.2, 0) is 26.2 Å². The quantitative estimate of drug-likeness (QED) is 0.343. The summed E-state index contributed by atoms with van der Waals surface area (Å²) >= 11 is 5.88. The molecule has 2 aromatic rings. The van der Waals surface area contributed by atoms with Crippen LogP contribution < -0.4 is 0 Å². The molecule has 0 bridgehead atoms. The molecule has 2 aliphatic rings. The van der Waals surface area contributed by atoms with E-state index in [9.17, 15) is 28.1 Å². The summed E-state index contributed by atoms with van der Waals surface area (Å²) < 4.78 is 27.1. The molecule has 2 aliphatic heterocycles. The van der Waals surface area contributed by atoms with Gasteiger partial charge >= 0.3 is 0 Å². The van der Waals surface area contributed by atoms with Gasteiger partial charge in [0.15, 0.2) is 0 Å². The fraction of sp³-hybridized carbons (Fsp3) is 0.333. The van der Waals surface area contributed by atoms with Gasteiger partial charge in [-0.2, -0.15) is 4.31 Å². The lowest BCUT2D eigenvalue weighted by Gasteiger charge is -2.36. The van der Waals surface area contributed by atoms with Crippen molar-refractivity contribution in [2.75, 3.05) is 26.2 Å². The lowest BCUT2D eigenvalue weighted by Crippen LogP contribution is -2.53. The molecular weight excluding hydrogens is 472 g/mol. The van der Waals surface area contributed by atoms with E-state index in [0.717, 1.165) is 17.7 Å². The Morgan fingerprint density at radius 1 is 0.970 bits per heavy atom. The van der Waals surface area contributed by atoms with Gasteiger partial charge in [-0.15, -0.1) is 0 Å². The largest absolute Gasteiger partial charge is 0.289 e. The van der Waals surface area contributed by atoms with Crippen LogP contribution in [0.2, 0.25) is 5.02 Å². The minimum absolute atomic E-state index is 0.0252. The molecule has 2 heterocycles. The predicted octanol–water partition coefficient (Wildman–Crippen LogP) is 1.88. The third-order valence-electron chi connectivity index (χ3n) is 5.87. The van der Waals surface area contributed by atoms with Crippen LogP contribution in [-0.4, -0.2) is 71.5 Å². The minimum atomic E-state index is -3.82. The summed E-state index contributed by atoms with van der Waals surface area (Å²) in [6, 6.07) is 11.0. The fourth-order valence-corrected chi connectivity index (χ4v) is 5.58. The third kappa shape index (κ3) is 4.76. The molecular formula is C21H21ClN4O6S. The van der Waals surface area contributed by atoms with E-state index in [4.69, 9.17) is 11.6 Å². The van der Waals surface area contributed by atoms with E-state index in [1.165, 1.54) is 21.3 Å². The lowest BCUT2D eigenvalue weighted by atomic mass is 10.2. The topological polar surface area (TPSA) is 121 Å². The van der Waals surface area contributed by atoms with Crippen LogP contribution in [0, 0.1) is 10.1 Å². The van der Waals surface area contributed by atoms with Crippen LogP contribution in [0.25, 0.3) is 0 Å². The molecule has 0 radical (unpaired) electrons. The number of amides is 2. The van der Waals surface area contributed by atoms with Crippen molar-refractivity contribution in [3.8, 4) is 0 Å². The van der Waals surface area contributed by atoms with Gasteiger partial charge < -0.3 is 0 Å². The number of benzene rings is 2. The first-order valence-corrected chi connectivity index (χ1v) is 12.1. The second kappa shape index (κ2) is 9.18. The first-order chi connectivity index (χ1) is 15.7. The molecule has 12 heteroatoms. The highest BCUT2D eigenvalue weighted by molar-refractivity contribution is 7.89. The van der Waals surface area contributed by atoms with Gasteiger partial charge in [0.2, 0.25) is 21.8 Å². The van der Waals surface area contributed by atoms with Crippen molar-refractivity contribution >= 4 is 39.1 Å². The van der Waals surface area contributed by atoms with Gasteiger partial charge in [-0.05, 0) is 29.8 Å². The first-order valence-electron chi connectivity index (χ1n) is 10.2. The van der Waals surface area contributed by atoms with E-state index >= 15 is 0 Å². The highest BCUT2D eigenvalue weighted by Crippen LogP contribution is 2.25. The van der Waals surface area contributed by atoms with Crippen molar-refractivity contribution in [2.24, 2.45) is 0 Å². The number of nitrogens with zero attached hydrogens (tertiary/aromatic N) is 4. The normalized spacial score (nSPS) is 20.4. The SMILES string of the molecule is O=C1CC(N2CCN(S(=O)(=O)c3ccc([N+](=O)[O-])cc3)CC2)C(=O)N1Cc1ccc(Cl)cc1. The number of non-ortho nitro benzene ring substituents is 1. The molecule has 1 unspecified atom stereocenters. The maximum atomic E-state index is 12.9. The molecule has 174 valence electrons. The summed E-state index contributed by atoms with van der Waals surface area (Å²) in [4.78, 5) is 38.7. The van der Waals surface area contributed by atoms with E-state index in [0.29, 0.717) is 18.1 Å². The second-order valence-corrected chi connectivity index (χ2v) is 10.2. The Kier molecular flexibility index (Phi) is 6.48. The first kappa shape index (κ1) is 23.3. The Labute approximate surface area is 195 Å². The van der Waals surface area contributed by atoms with Gasteiger partial charge in [0, 0.05) is 43.3 Å². The van der Waals surface area contributed by atoms with Crippen LogP contribution in [0.1, 0.15) is 12.0 Å². The van der Waals surface area contributed by atoms with Gasteiger partial charge in [0.25, 0.3) is 5.69 Å². The summed E-state index contributed by atoms with van der Waals surface area (Å²) in [5, 5.41) is 11.4. The van der Waals surface area contributed by atoms with Gasteiger partial charge in [-0.25, -0.2) is 8.42 Å². The van der Waals surface area contributed by atoms with Crippen LogP contribution >= 0.6 is 11.6 Å². The van der Waals surface area contributed by atoms with Crippen molar-refractivity contribution in [3.05, 3.63) is 69.2 Å². The number of halogens is 1. The number of sulfonamides is 1. The number of piperazine rings is 1. The smallest absolute Gasteiger partial charge is 0.269 e. The van der Waals surface area contributed by atoms with Crippen molar-refractivity contribution < 1.29 is 22.9 Å². The molecule has 0 saturated carbocycles. The highest BCUT2D eigenvalue weighted by atomic mass is 35.5. The van der Waals surface area contributed by atoms with E-state index in [2.05, 4.69) is 0 Å². The van der Waals surface area contributed by atoms with Crippen LogP contribution in [0.15, 0.2) is 53.4 Å². The molecule has 0 spiro atoms. The van der Waals surface area contributed by atoms with Crippen molar-refractivity contribution in [2.45, 2.75) is 23.9 Å². The maximum Gasteiger partial charge on any atom is 0.269 e. The summed E-state index contributed by atoms with van der Waals surface area (Å²) in [5.74, 6) is -0.553. The zero-order chi connectivity index (χ0) is 23.8. The number of nitro benzene ring substituents is 1.